The molecule has 3 nitrogen and oxygen atoms in total. The lowest BCUT2D eigenvalue weighted by molar-refractivity contribution is -0.113. The number of carbonyl (C=O) groups is 1. The largest absolute Gasteiger partial charge is 0.489 e. The SMILES string of the molecule is CC(C)Oc1ccc(NC(=O)CBr)cc1Cl. The maximum Gasteiger partial charge on any atom is 0.235 e. The predicted molar refractivity (Wildman–Crippen MR) is 69.6 cm³/mol. The van der Waals surface area contributed by atoms with E-state index < -0.39 is 0 Å². The van der Waals surface area contributed by atoms with E-state index in [-0.39, 0.29) is 17.3 Å². The number of benzene rings is 1. The molecule has 0 aliphatic rings. The third-order valence-corrected chi connectivity index (χ3v) is 2.50. The molecule has 0 aliphatic heterocycles. The van der Waals surface area contributed by atoms with Crippen molar-refractivity contribution in [1.82, 2.24) is 0 Å². The molecular weight excluding hydrogens is 293 g/mol. The Hall–Kier alpha value is -0.740. The smallest absolute Gasteiger partial charge is 0.235 e. The molecule has 0 saturated carbocycles. The van der Waals surface area contributed by atoms with Crippen LogP contribution < -0.4 is 10.1 Å². The summed E-state index contributed by atoms with van der Waals surface area (Å²) in [6.07, 6.45) is 0.0699. The van der Waals surface area contributed by atoms with Crippen LogP contribution in [0.4, 0.5) is 5.69 Å². The molecule has 0 radical (unpaired) electrons. The molecule has 0 saturated heterocycles. The molecule has 0 heterocycles. The van der Waals surface area contributed by atoms with Crippen LogP contribution in [0, 0.1) is 0 Å². The van der Waals surface area contributed by atoms with Gasteiger partial charge in [-0.3, -0.25) is 4.79 Å². The quantitative estimate of drug-likeness (QED) is 0.865. The lowest BCUT2D eigenvalue weighted by Gasteiger charge is -2.12. The second-order valence-corrected chi connectivity index (χ2v) is 4.46. The molecule has 1 amide bonds. The summed E-state index contributed by atoms with van der Waals surface area (Å²) < 4.78 is 5.48. The summed E-state index contributed by atoms with van der Waals surface area (Å²) >= 11 is 9.08. The van der Waals surface area contributed by atoms with E-state index in [1.165, 1.54) is 0 Å². The minimum Gasteiger partial charge on any atom is -0.489 e. The Morgan fingerprint density at radius 2 is 2.25 bits per heavy atom. The van der Waals surface area contributed by atoms with Gasteiger partial charge in [-0.05, 0) is 32.0 Å². The molecule has 5 heteroatoms. The van der Waals surface area contributed by atoms with E-state index in [4.69, 9.17) is 16.3 Å². The van der Waals surface area contributed by atoms with E-state index in [2.05, 4.69) is 21.2 Å². The van der Waals surface area contributed by atoms with Gasteiger partial charge in [-0.25, -0.2) is 0 Å². The van der Waals surface area contributed by atoms with Gasteiger partial charge in [-0.2, -0.15) is 0 Å². The number of halogens is 2. The number of anilines is 1. The first-order chi connectivity index (χ1) is 7.52. The fraction of sp³-hybridized carbons (Fsp3) is 0.364. The summed E-state index contributed by atoms with van der Waals surface area (Å²) in [7, 11) is 0. The summed E-state index contributed by atoms with van der Waals surface area (Å²) in [5.41, 5.74) is 0.658. The fourth-order valence-corrected chi connectivity index (χ4v) is 1.49. The molecule has 0 unspecified atom stereocenters. The highest BCUT2D eigenvalue weighted by Gasteiger charge is 2.06. The van der Waals surface area contributed by atoms with Gasteiger partial charge in [0.1, 0.15) is 5.75 Å². The Labute approximate surface area is 108 Å². The first kappa shape index (κ1) is 13.3. The van der Waals surface area contributed by atoms with E-state index in [9.17, 15) is 4.79 Å². The third kappa shape index (κ3) is 4.02. The lowest BCUT2D eigenvalue weighted by Crippen LogP contribution is -2.12. The number of alkyl halides is 1. The van der Waals surface area contributed by atoms with E-state index in [1.54, 1.807) is 18.2 Å². The van der Waals surface area contributed by atoms with Crippen LogP contribution in [0.3, 0.4) is 0 Å². The number of nitrogens with one attached hydrogen (secondary N) is 1. The maximum atomic E-state index is 11.1. The zero-order valence-corrected chi connectivity index (χ0v) is 11.4. The molecule has 0 fully saturated rings. The first-order valence-electron chi connectivity index (χ1n) is 4.85. The van der Waals surface area contributed by atoms with Gasteiger partial charge in [0.2, 0.25) is 5.91 Å². The molecule has 88 valence electrons. The first-order valence-corrected chi connectivity index (χ1v) is 6.35. The second-order valence-electron chi connectivity index (χ2n) is 3.49. The van der Waals surface area contributed by atoms with Crippen molar-refractivity contribution in [1.29, 1.82) is 0 Å². The van der Waals surface area contributed by atoms with Crippen molar-refractivity contribution in [2.24, 2.45) is 0 Å². The van der Waals surface area contributed by atoms with Gasteiger partial charge in [0.15, 0.2) is 0 Å². The molecule has 0 spiro atoms. The van der Waals surface area contributed by atoms with Crippen molar-refractivity contribution in [3.8, 4) is 5.75 Å². The van der Waals surface area contributed by atoms with Crippen LogP contribution in [0.25, 0.3) is 0 Å². The zero-order valence-electron chi connectivity index (χ0n) is 9.09. The van der Waals surface area contributed by atoms with Crippen LogP contribution >= 0.6 is 27.5 Å². The molecule has 0 atom stereocenters. The molecule has 0 aromatic heterocycles. The average Bonchev–Trinajstić information content (AvgIpc) is 2.21. The van der Waals surface area contributed by atoms with Gasteiger partial charge in [0.25, 0.3) is 0 Å². The Bertz CT molecular complexity index is 382. The maximum absolute atomic E-state index is 11.1. The van der Waals surface area contributed by atoms with Crippen molar-refractivity contribution < 1.29 is 9.53 Å². The van der Waals surface area contributed by atoms with Crippen molar-refractivity contribution in [3.05, 3.63) is 23.2 Å². The molecule has 1 N–H and O–H groups in total. The third-order valence-electron chi connectivity index (χ3n) is 1.70. The highest BCUT2D eigenvalue weighted by Crippen LogP contribution is 2.28. The zero-order chi connectivity index (χ0) is 12.1. The van der Waals surface area contributed by atoms with E-state index in [0.29, 0.717) is 16.5 Å². The summed E-state index contributed by atoms with van der Waals surface area (Å²) in [6.45, 7) is 3.85. The molecule has 1 aromatic carbocycles. The second kappa shape index (κ2) is 6.11. The number of amides is 1. The monoisotopic (exact) mass is 305 g/mol. The van der Waals surface area contributed by atoms with E-state index in [1.807, 2.05) is 13.8 Å². The highest BCUT2D eigenvalue weighted by molar-refractivity contribution is 9.09. The van der Waals surface area contributed by atoms with Crippen LogP contribution in [-0.2, 0) is 4.79 Å². The Kier molecular flexibility index (Phi) is 5.09. The van der Waals surface area contributed by atoms with Crippen molar-refractivity contribution in [3.63, 3.8) is 0 Å². The summed E-state index contributed by atoms with van der Waals surface area (Å²) in [6, 6.07) is 5.16. The van der Waals surface area contributed by atoms with Crippen LogP contribution in [0.15, 0.2) is 18.2 Å². The predicted octanol–water partition coefficient (Wildman–Crippen LogP) is 3.46. The van der Waals surface area contributed by atoms with Crippen molar-refractivity contribution in [2.45, 2.75) is 20.0 Å². The molecular formula is C11H13BrClNO2. The summed E-state index contributed by atoms with van der Waals surface area (Å²) in [4.78, 5) is 11.1. The molecule has 1 aromatic rings. The van der Waals surface area contributed by atoms with E-state index in [0.717, 1.165) is 0 Å². The van der Waals surface area contributed by atoms with Crippen LogP contribution in [-0.4, -0.2) is 17.3 Å². The highest BCUT2D eigenvalue weighted by atomic mass is 79.9. The van der Waals surface area contributed by atoms with Crippen LogP contribution in [0.1, 0.15) is 13.8 Å². The topological polar surface area (TPSA) is 38.3 Å². The summed E-state index contributed by atoms with van der Waals surface area (Å²) in [5.74, 6) is 0.502. The van der Waals surface area contributed by atoms with Gasteiger partial charge in [-0.1, -0.05) is 27.5 Å². The number of hydrogen-bond acceptors (Lipinski definition) is 2. The van der Waals surface area contributed by atoms with Gasteiger partial charge in [-0.15, -0.1) is 0 Å². The summed E-state index contributed by atoms with van der Waals surface area (Å²) in [5, 5.41) is 3.43. The molecule has 1 rings (SSSR count). The normalized spacial score (nSPS) is 10.3. The van der Waals surface area contributed by atoms with Gasteiger partial charge in [0, 0.05) is 5.69 Å². The average molecular weight is 307 g/mol. The Balaban J connectivity index is 2.78. The minimum absolute atomic E-state index is 0.0699. The minimum atomic E-state index is -0.117. The van der Waals surface area contributed by atoms with Gasteiger partial charge >= 0.3 is 0 Å². The number of carbonyl (C=O) groups excluding carboxylic acids is 1. The Morgan fingerprint density at radius 3 is 2.75 bits per heavy atom. The Morgan fingerprint density at radius 1 is 1.56 bits per heavy atom. The molecule has 0 bridgehead atoms. The number of ether oxygens (including phenoxy) is 1. The van der Waals surface area contributed by atoms with E-state index >= 15 is 0 Å². The van der Waals surface area contributed by atoms with Crippen molar-refractivity contribution >= 4 is 39.1 Å². The van der Waals surface area contributed by atoms with Crippen LogP contribution in [0.5, 0.6) is 5.75 Å². The standard InChI is InChI=1S/C11H13BrClNO2/c1-7(2)16-10-4-3-8(5-9(10)13)14-11(15)6-12/h3-5,7H,6H2,1-2H3,(H,14,15). The van der Waals surface area contributed by atoms with Gasteiger partial charge in [0.05, 0.1) is 16.5 Å². The number of rotatable bonds is 4. The number of hydrogen-bond donors (Lipinski definition) is 1. The van der Waals surface area contributed by atoms with Gasteiger partial charge < -0.3 is 10.1 Å². The molecule has 16 heavy (non-hydrogen) atoms. The molecule has 0 aliphatic carbocycles. The fourth-order valence-electron chi connectivity index (χ4n) is 1.12. The van der Waals surface area contributed by atoms with Crippen molar-refractivity contribution in [2.75, 3.05) is 10.6 Å². The van der Waals surface area contributed by atoms with Crippen LogP contribution in [0.2, 0.25) is 5.02 Å². The lowest BCUT2D eigenvalue weighted by atomic mass is 10.3.